The monoisotopic (exact) mass is 399 g/mol. The largest absolute Gasteiger partial charge is 1.00 e. The van der Waals surface area contributed by atoms with Crippen LogP contribution in [0.25, 0.3) is 0 Å². The molecule has 1 aromatic carbocycles. The van der Waals surface area contributed by atoms with E-state index >= 15 is 0 Å². The molecule has 0 saturated heterocycles. The average Bonchev–Trinajstić information content (AvgIpc) is 2.88. The third kappa shape index (κ3) is 3.73. The minimum atomic E-state index is -0.518. The maximum Gasteiger partial charge on any atom is 0.227 e. The number of aromatic nitrogens is 1. The van der Waals surface area contributed by atoms with Gasteiger partial charge in [0.15, 0.2) is 17.2 Å². The Bertz CT molecular complexity index is 714. The second kappa shape index (κ2) is 7.42. The quantitative estimate of drug-likeness (QED) is 0.532. The number of thiazole rings is 1. The number of halogens is 1. The summed E-state index contributed by atoms with van der Waals surface area (Å²) in [4.78, 5) is 13.3. The van der Waals surface area contributed by atoms with Crippen molar-refractivity contribution >= 4 is 17.1 Å². The molecule has 0 fully saturated rings. The van der Waals surface area contributed by atoms with Crippen LogP contribution in [0, 0.1) is 6.92 Å². The van der Waals surface area contributed by atoms with Gasteiger partial charge >= 0.3 is 0 Å². The summed E-state index contributed by atoms with van der Waals surface area (Å²) in [7, 11) is 0. The van der Waals surface area contributed by atoms with Gasteiger partial charge in [0, 0.05) is 12.5 Å². The van der Waals surface area contributed by atoms with Crippen LogP contribution in [0.15, 0.2) is 23.7 Å². The molecule has 1 aliphatic rings. The molecule has 2 heterocycles. The first-order valence-corrected chi connectivity index (χ1v) is 8.02. The number of nitrogens with zero attached hydrogens (tertiary/aromatic N) is 1. The fourth-order valence-corrected chi connectivity index (χ4v) is 3.40. The fraction of sp³-hybridized carbons (Fsp3) is 0.375. The van der Waals surface area contributed by atoms with E-state index in [1.807, 2.05) is 17.0 Å². The Morgan fingerprint density at radius 1 is 1.35 bits per heavy atom. The summed E-state index contributed by atoms with van der Waals surface area (Å²) >= 11 is 1.46. The molecule has 1 aromatic heterocycles. The Labute approximate surface area is 149 Å². The molecule has 5 nitrogen and oxygen atoms in total. The number of hydrogen-bond donors (Lipinski definition) is 1. The van der Waals surface area contributed by atoms with Crippen molar-refractivity contribution in [3.05, 3.63) is 39.8 Å². The van der Waals surface area contributed by atoms with Gasteiger partial charge in [-0.05, 0) is 25.1 Å². The highest BCUT2D eigenvalue weighted by molar-refractivity contribution is 7.09. The van der Waals surface area contributed by atoms with Crippen molar-refractivity contribution < 1.29 is 40.9 Å². The standard InChI is InChI=1S/C16H18NO4S.BrH/c1-10-16(11(2)18)22-9-17(10)8-13(19)12-3-4-14-15(7-12)21-6-5-20-14;/h3-4,7,9,11,18H,5-6,8H2,1-2H3;1H/q+1;/p-1. The van der Waals surface area contributed by atoms with E-state index in [2.05, 4.69) is 0 Å². The molecule has 2 aromatic rings. The maximum atomic E-state index is 12.5. The van der Waals surface area contributed by atoms with Crippen LogP contribution in [-0.4, -0.2) is 24.1 Å². The van der Waals surface area contributed by atoms with Crippen molar-refractivity contribution in [2.45, 2.75) is 26.5 Å². The summed E-state index contributed by atoms with van der Waals surface area (Å²) in [6.07, 6.45) is -0.518. The lowest BCUT2D eigenvalue weighted by Crippen LogP contribution is -3.00. The first-order valence-electron chi connectivity index (χ1n) is 7.14. The van der Waals surface area contributed by atoms with Crippen LogP contribution in [0.2, 0.25) is 0 Å². The molecule has 0 bridgehead atoms. The predicted molar refractivity (Wildman–Crippen MR) is 81.6 cm³/mol. The lowest BCUT2D eigenvalue weighted by atomic mass is 10.1. The van der Waals surface area contributed by atoms with E-state index in [0.29, 0.717) is 30.3 Å². The van der Waals surface area contributed by atoms with E-state index < -0.39 is 6.10 Å². The van der Waals surface area contributed by atoms with Crippen LogP contribution in [0.4, 0.5) is 0 Å². The first kappa shape index (κ1) is 17.9. The number of fused-ring (bicyclic) bond motifs is 1. The van der Waals surface area contributed by atoms with Crippen LogP contribution in [0.1, 0.15) is 34.0 Å². The molecule has 3 rings (SSSR count). The van der Waals surface area contributed by atoms with Gasteiger partial charge < -0.3 is 31.6 Å². The van der Waals surface area contributed by atoms with Crippen molar-refractivity contribution in [3.63, 3.8) is 0 Å². The average molecular weight is 400 g/mol. The van der Waals surface area contributed by atoms with Gasteiger partial charge in [-0.2, -0.15) is 4.57 Å². The Kier molecular flexibility index (Phi) is 5.78. The fourth-order valence-electron chi connectivity index (χ4n) is 2.45. The number of ketones is 1. The molecule has 0 radical (unpaired) electrons. The molecule has 0 saturated carbocycles. The van der Waals surface area contributed by atoms with Crippen LogP contribution in [0.5, 0.6) is 11.5 Å². The molecule has 0 amide bonds. The van der Waals surface area contributed by atoms with E-state index in [1.54, 1.807) is 25.1 Å². The SMILES string of the molecule is Cc1c(C(C)O)sc[n+]1CC(=O)c1ccc2c(c1)OCCO2.[Br-]. The summed E-state index contributed by atoms with van der Waals surface area (Å²) in [6, 6.07) is 5.26. The molecule has 1 N–H and O–H groups in total. The van der Waals surface area contributed by atoms with Crippen molar-refractivity contribution in [3.8, 4) is 11.5 Å². The second-order valence-electron chi connectivity index (χ2n) is 5.26. The number of rotatable bonds is 4. The van der Waals surface area contributed by atoms with Gasteiger partial charge in [-0.3, -0.25) is 4.79 Å². The summed E-state index contributed by atoms with van der Waals surface area (Å²) < 4.78 is 12.8. The molecular formula is C16H18BrNO4S. The van der Waals surface area contributed by atoms with Crippen molar-refractivity contribution in [1.29, 1.82) is 0 Å². The first-order chi connectivity index (χ1) is 10.6. The van der Waals surface area contributed by atoms with Crippen molar-refractivity contribution in [2.75, 3.05) is 13.2 Å². The van der Waals surface area contributed by atoms with Gasteiger partial charge in [-0.15, -0.1) is 0 Å². The highest BCUT2D eigenvalue weighted by atomic mass is 79.9. The smallest absolute Gasteiger partial charge is 0.227 e. The van der Waals surface area contributed by atoms with Crippen LogP contribution in [0.3, 0.4) is 0 Å². The number of aliphatic hydroxyl groups is 1. The van der Waals surface area contributed by atoms with E-state index in [0.717, 1.165) is 10.6 Å². The maximum absolute atomic E-state index is 12.5. The molecule has 1 unspecified atom stereocenters. The molecule has 0 spiro atoms. The summed E-state index contributed by atoms with van der Waals surface area (Å²) in [6.45, 7) is 4.92. The Morgan fingerprint density at radius 2 is 2.04 bits per heavy atom. The number of ether oxygens (including phenoxy) is 2. The van der Waals surface area contributed by atoms with Gasteiger partial charge in [0.2, 0.25) is 17.8 Å². The van der Waals surface area contributed by atoms with E-state index in [4.69, 9.17) is 9.47 Å². The highest BCUT2D eigenvalue weighted by Crippen LogP contribution is 2.31. The predicted octanol–water partition coefficient (Wildman–Crippen LogP) is -0.945. The van der Waals surface area contributed by atoms with Crippen molar-refractivity contribution in [1.82, 2.24) is 0 Å². The number of aliphatic hydroxyl groups excluding tert-OH is 1. The minimum absolute atomic E-state index is 0. The number of Topliss-reactive ketones (excluding diaryl/α,β-unsaturated/α-hetero) is 1. The van der Waals surface area contributed by atoms with E-state index in [1.165, 1.54) is 11.3 Å². The summed E-state index contributed by atoms with van der Waals surface area (Å²) in [5, 5.41) is 9.68. The summed E-state index contributed by atoms with van der Waals surface area (Å²) in [5.41, 5.74) is 3.39. The molecule has 7 heteroatoms. The Balaban J connectivity index is 0.00000192. The van der Waals surface area contributed by atoms with Gasteiger partial charge in [0.1, 0.15) is 18.1 Å². The molecule has 0 aliphatic carbocycles. The molecule has 1 atom stereocenters. The van der Waals surface area contributed by atoms with Crippen molar-refractivity contribution in [2.24, 2.45) is 0 Å². The third-order valence-electron chi connectivity index (χ3n) is 3.65. The van der Waals surface area contributed by atoms with E-state index in [-0.39, 0.29) is 29.3 Å². The third-order valence-corrected chi connectivity index (χ3v) is 4.90. The molecular weight excluding hydrogens is 382 g/mol. The molecule has 1 aliphatic heterocycles. The summed E-state index contributed by atoms with van der Waals surface area (Å²) in [5.74, 6) is 1.30. The number of carbonyl (C=O) groups excluding carboxylic acids is 1. The van der Waals surface area contributed by atoms with Crippen LogP contribution >= 0.6 is 11.3 Å². The Morgan fingerprint density at radius 3 is 2.70 bits per heavy atom. The number of benzene rings is 1. The molecule has 23 heavy (non-hydrogen) atoms. The lowest BCUT2D eigenvalue weighted by molar-refractivity contribution is -0.684. The van der Waals surface area contributed by atoms with Gasteiger partial charge in [0.25, 0.3) is 0 Å². The van der Waals surface area contributed by atoms with Crippen LogP contribution in [-0.2, 0) is 6.54 Å². The Hall–Kier alpha value is -1.44. The zero-order valence-corrected chi connectivity index (χ0v) is 15.3. The van der Waals surface area contributed by atoms with Gasteiger partial charge in [-0.25, -0.2) is 0 Å². The zero-order valence-electron chi connectivity index (χ0n) is 12.9. The van der Waals surface area contributed by atoms with Crippen LogP contribution < -0.4 is 31.0 Å². The zero-order chi connectivity index (χ0) is 15.7. The van der Waals surface area contributed by atoms with Gasteiger partial charge in [0.05, 0.1) is 6.10 Å². The lowest BCUT2D eigenvalue weighted by Gasteiger charge is -2.18. The number of carbonyl (C=O) groups is 1. The topological polar surface area (TPSA) is 59.6 Å². The van der Waals surface area contributed by atoms with E-state index in [9.17, 15) is 9.90 Å². The van der Waals surface area contributed by atoms with Gasteiger partial charge in [-0.1, -0.05) is 11.3 Å². The minimum Gasteiger partial charge on any atom is -1.00 e. The normalized spacial score (nSPS) is 14.0. The number of hydrogen-bond acceptors (Lipinski definition) is 5. The highest BCUT2D eigenvalue weighted by Gasteiger charge is 2.23. The molecule has 124 valence electrons. The second-order valence-corrected chi connectivity index (χ2v) is 6.14.